The predicted octanol–water partition coefficient (Wildman–Crippen LogP) is 2.92. The Kier molecular flexibility index (Phi) is 6.90. The Morgan fingerprint density at radius 1 is 1.43 bits per heavy atom. The second-order valence-corrected chi connectivity index (χ2v) is 8.02. The quantitative estimate of drug-likeness (QED) is 0.620. The number of hydrogen-bond acceptors (Lipinski definition) is 3. The van der Waals surface area contributed by atoms with Gasteiger partial charge in [0.25, 0.3) is 0 Å². The van der Waals surface area contributed by atoms with Crippen LogP contribution in [0.5, 0.6) is 0 Å². The minimum absolute atomic E-state index is 0.121. The third kappa shape index (κ3) is 5.50. The molecule has 1 aliphatic heterocycles. The number of likely N-dealkylation sites (tertiary alicyclic amines) is 1. The SMILES string of the molecule is CCN1CCCC(CNC(=NC)NCC(C)(C)c2cccs2)C1. The van der Waals surface area contributed by atoms with Gasteiger partial charge >= 0.3 is 0 Å². The third-order valence-corrected chi connectivity index (χ3v) is 5.95. The molecule has 1 saturated heterocycles. The van der Waals surface area contributed by atoms with Gasteiger partial charge in [-0.05, 0) is 43.3 Å². The van der Waals surface area contributed by atoms with Gasteiger partial charge in [-0.2, -0.15) is 0 Å². The summed E-state index contributed by atoms with van der Waals surface area (Å²) in [5.41, 5.74) is 0.121. The molecule has 23 heavy (non-hydrogen) atoms. The fourth-order valence-electron chi connectivity index (χ4n) is 3.12. The van der Waals surface area contributed by atoms with Gasteiger partial charge in [-0.3, -0.25) is 4.99 Å². The molecule has 1 aliphatic rings. The molecular formula is C18H32N4S. The molecule has 2 N–H and O–H groups in total. The summed E-state index contributed by atoms with van der Waals surface area (Å²) in [4.78, 5) is 8.34. The number of nitrogens with zero attached hydrogens (tertiary/aromatic N) is 2. The van der Waals surface area contributed by atoms with Crippen LogP contribution in [0.25, 0.3) is 0 Å². The highest BCUT2D eigenvalue weighted by molar-refractivity contribution is 7.10. The first-order valence-electron chi connectivity index (χ1n) is 8.76. The molecule has 0 radical (unpaired) electrons. The monoisotopic (exact) mass is 336 g/mol. The van der Waals surface area contributed by atoms with Crippen LogP contribution < -0.4 is 10.6 Å². The first-order chi connectivity index (χ1) is 11.0. The van der Waals surface area contributed by atoms with Gasteiger partial charge in [0.1, 0.15) is 0 Å². The molecule has 0 aliphatic carbocycles. The largest absolute Gasteiger partial charge is 0.356 e. The summed E-state index contributed by atoms with van der Waals surface area (Å²) in [6, 6.07) is 4.33. The minimum Gasteiger partial charge on any atom is -0.356 e. The third-order valence-electron chi connectivity index (χ3n) is 4.72. The van der Waals surface area contributed by atoms with E-state index in [1.54, 1.807) is 0 Å². The Labute approximate surface area is 145 Å². The fourth-order valence-corrected chi connectivity index (χ4v) is 3.97. The Bertz CT molecular complexity index is 481. The topological polar surface area (TPSA) is 39.7 Å². The standard InChI is InChI=1S/C18H32N4S/c1-5-22-10-6-8-15(13-22)12-20-17(19-4)21-14-18(2,3)16-9-7-11-23-16/h7,9,11,15H,5-6,8,10,12-14H2,1-4H3,(H2,19,20,21). The maximum absolute atomic E-state index is 4.38. The number of piperidine rings is 1. The van der Waals surface area contributed by atoms with Crippen molar-refractivity contribution in [3.8, 4) is 0 Å². The van der Waals surface area contributed by atoms with Gasteiger partial charge in [-0.25, -0.2) is 0 Å². The van der Waals surface area contributed by atoms with E-state index in [0.29, 0.717) is 0 Å². The smallest absolute Gasteiger partial charge is 0.191 e. The molecule has 2 rings (SSSR count). The second-order valence-electron chi connectivity index (χ2n) is 7.07. The molecule has 5 heteroatoms. The minimum atomic E-state index is 0.121. The number of aliphatic imine (C=N–C) groups is 1. The lowest BCUT2D eigenvalue weighted by molar-refractivity contribution is 0.183. The van der Waals surface area contributed by atoms with Crippen molar-refractivity contribution >= 4 is 17.3 Å². The summed E-state index contributed by atoms with van der Waals surface area (Å²) < 4.78 is 0. The Morgan fingerprint density at radius 2 is 2.26 bits per heavy atom. The molecule has 0 amide bonds. The van der Waals surface area contributed by atoms with Gasteiger partial charge in [0, 0.05) is 37.0 Å². The van der Waals surface area contributed by atoms with Crippen LogP contribution in [0, 0.1) is 5.92 Å². The summed E-state index contributed by atoms with van der Waals surface area (Å²) in [6.07, 6.45) is 2.64. The lowest BCUT2D eigenvalue weighted by Crippen LogP contribution is -2.46. The summed E-state index contributed by atoms with van der Waals surface area (Å²) in [5.74, 6) is 1.65. The van der Waals surface area contributed by atoms with Crippen molar-refractivity contribution in [2.45, 2.75) is 39.0 Å². The molecule has 130 valence electrons. The lowest BCUT2D eigenvalue weighted by Gasteiger charge is -2.32. The highest BCUT2D eigenvalue weighted by Gasteiger charge is 2.22. The molecule has 0 spiro atoms. The van der Waals surface area contributed by atoms with Crippen LogP contribution in [-0.4, -0.2) is 50.6 Å². The van der Waals surface area contributed by atoms with Crippen molar-refractivity contribution in [3.05, 3.63) is 22.4 Å². The van der Waals surface area contributed by atoms with Crippen LogP contribution in [0.4, 0.5) is 0 Å². The number of rotatable bonds is 6. The normalized spacial score (nSPS) is 20.5. The summed E-state index contributed by atoms with van der Waals surface area (Å²) in [5, 5.41) is 9.16. The zero-order valence-corrected chi connectivity index (χ0v) is 15.9. The Hall–Kier alpha value is -1.07. The van der Waals surface area contributed by atoms with E-state index in [2.05, 4.69) is 58.8 Å². The van der Waals surface area contributed by atoms with Gasteiger partial charge in [-0.15, -0.1) is 11.3 Å². The first-order valence-corrected chi connectivity index (χ1v) is 9.64. The average Bonchev–Trinajstić information content (AvgIpc) is 3.10. The molecule has 1 aromatic rings. The molecule has 4 nitrogen and oxygen atoms in total. The van der Waals surface area contributed by atoms with Crippen LogP contribution in [0.1, 0.15) is 38.5 Å². The number of thiophene rings is 1. The van der Waals surface area contributed by atoms with Crippen molar-refractivity contribution in [1.82, 2.24) is 15.5 Å². The van der Waals surface area contributed by atoms with Gasteiger partial charge < -0.3 is 15.5 Å². The molecule has 1 unspecified atom stereocenters. The molecule has 1 atom stereocenters. The zero-order valence-electron chi connectivity index (χ0n) is 15.1. The van der Waals surface area contributed by atoms with Gasteiger partial charge in [-0.1, -0.05) is 26.8 Å². The van der Waals surface area contributed by atoms with Crippen LogP contribution in [0.3, 0.4) is 0 Å². The molecule has 0 saturated carbocycles. The Morgan fingerprint density at radius 3 is 2.91 bits per heavy atom. The first kappa shape index (κ1) is 18.3. The lowest BCUT2D eigenvalue weighted by atomic mass is 9.91. The Balaban J connectivity index is 1.77. The van der Waals surface area contributed by atoms with E-state index in [1.807, 2.05) is 18.4 Å². The van der Waals surface area contributed by atoms with Crippen molar-refractivity contribution in [2.75, 3.05) is 39.8 Å². The van der Waals surface area contributed by atoms with E-state index in [1.165, 1.54) is 37.4 Å². The van der Waals surface area contributed by atoms with Crippen molar-refractivity contribution < 1.29 is 0 Å². The van der Waals surface area contributed by atoms with Crippen LogP contribution >= 0.6 is 11.3 Å². The van der Waals surface area contributed by atoms with Crippen LogP contribution in [-0.2, 0) is 5.41 Å². The number of nitrogens with one attached hydrogen (secondary N) is 2. The maximum Gasteiger partial charge on any atom is 0.191 e. The van der Waals surface area contributed by atoms with E-state index in [4.69, 9.17) is 0 Å². The summed E-state index contributed by atoms with van der Waals surface area (Å²) >= 11 is 1.82. The van der Waals surface area contributed by atoms with E-state index >= 15 is 0 Å². The fraction of sp³-hybridized carbons (Fsp3) is 0.722. The van der Waals surface area contributed by atoms with Gasteiger partial charge in [0.2, 0.25) is 0 Å². The average molecular weight is 337 g/mol. The van der Waals surface area contributed by atoms with E-state index in [9.17, 15) is 0 Å². The molecule has 0 aromatic carbocycles. The van der Waals surface area contributed by atoms with E-state index < -0.39 is 0 Å². The van der Waals surface area contributed by atoms with Crippen LogP contribution in [0.15, 0.2) is 22.5 Å². The second kappa shape index (κ2) is 8.69. The number of guanidine groups is 1. The number of hydrogen-bond donors (Lipinski definition) is 2. The highest BCUT2D eigenvalue weighted by atomic mass is 32.1. The van der Waals surface area contributed by atoms with Crippen molar-refractivity contribution in [1.29, 1.82) is 0 Å². The van der Waals surface area contributed by atoms with Gasteiger partial charge in [0.15, 0.2) is 5.96 Å². The predicted molar refractivity (Wildman–Crippen MR) is 102 cm³/mol. The van der Waals surface area contributed by atoms with Crippen LogP contribution in [0.2, 0.25) is 0 Å². The van der Waals surface area contributed by atoms with Gasteiger partial charge in [0.05, 0.1) is 0 Å². The van der Waals surface area contributed by atoms with Crippen molar-refractivity contribution in [3.63, 3.8) is 0 Å². The molecular weight excluding hydrogens is 304 g/mol. The van der Waals surface area contributed by atoms with E-state index in [0.717, 1.165) is 25.0 Å². The maximum atomic E-state index is 4.38. The van der Waals surface area contributed by atoms with Crippen molar-refractivity contribution in [2.24, 2.45) is 10.9 Å². The summed E-state index contributed by atoms with van der Waals surface area (Å²) in [6.45, 7) is 12.3. The molecule has 0 bridgehead atoms. The molecule has 1 fully saturated rings. The zero-order chi connectivity index (χ0) is 16.7. The molecule has 1 aromatic heterocycles. The van der Waals surface area contributed by atoms with E-state index in [-0.39, 0.29) is 5.41 Å². The highest BCUT2D eigenvalue weighted by Crippen LogP contribution is 2.26. The summed E-state index contributed by atoms with van der Waals surface area (Å²) in [7, 11) is 1.85. The molecule has 2 heterocycles.